The highest BCUT2D eigenvalue weighted by Crippen LogP contribution is 2.30. The average Bonchev–Trinajstić information content (AvgIpc) is 2.78. The van der Waals surface area contributed by atoms with E-state index in [0.29, 0.717) is 22.2 Å². The molecule has 0 radical (unpaired) electrons. The van der Waals surface area contributed by atoms with Gasteiger partial charge in [-0.2, -0.15) is 0 Å². The second kappa shape index (κ2) is 3.85. The topological polar surface area (TPSA) is 52.0 Å². The van der Waals surface area contributed by atoms with Gasteiger partial charge in [-0.15, -0.1) is 0 Å². The zero-order valence-corrected chi connectivity index (χ0v) is 11.1. The lowest BCUT2D eigenvalue weighted by Gasteiger charge is -2.08. The number of rotatable bonds is 0. The minimum atomic E-state index is -0.630. The number of nitrogens with zero attached hydrogens (tertiary/aromatic N) is 2. The Balaban J connectivity index is 2.25. The van der Waals surface area contributed by atoms with E-state index in [9.17, 15) is 14.0 Å². The van der Waals surface area contributed by atoms with Crippen molar-refractivity contribution in [3.8, 4) is 5.69 Å². The maximum Gasteiger partial charge on any atom is 0.266 e. The standard InChI is InChI=1S/C16H9FN2O2/c1-8-6-7-10(17)12-13(8)19-15(14(12)20)18-11-5-3-2-4-9(11)16(19)21/h2-7H,1H3. The summed E-state index contributed by atoms with van der Waals surface area (Å²) in [6.07, 6.45) is 0. The summed E-state index contributed by atoms with van der Waals surface area (Å²) in [4.78, 5) is 29.3. The number of carbonyl (C=O) groups is 1. The lowest BCUT2D eigenvalue weighted by Crippen LogP contribution is -2.21. The van der Waals surface area contributed by atoms with Crippen molar-refractivity contribution in [3.63, 3.8) is 0 Å². The van der Waals surface area contributed by atoms with Gasteiger partial charge in [-0.3, -0.25) is 14.2 Å². The minimum Gasteiger partial charge on any atom is -0.285 e. The third-order valence-electron chi connectivity index (χ3n) is 3.76. The molecule has 21 heavy (non-hydrogen) atoms. The van der Waals surface area contributed by atoms with E-state index in [-0.39, 0.29) is 16.9 Å². The van der Waals surface area contributed by atoms with Gasteiger partial charge in [-0.05, 0) is 30.7 Å². The Morgan fingerprint density at radius 1 is 1.10 bits per heavy atom. The molecule has 4 nitrogen and oxygen atoms in total. The Morgan fingerprint density at radius 2 is 1.86 bits per heavy atom. The second-order valence-corrected chi connectivity index (χ2v) is 5.01. The van der Waals surface area contributed by atoms with E-state index >= 15 is 0 Å². The van der Waals surface area contributed by atoms with Gasteiger partial charge in [0.15, 0.2) is 5.82 Å². The van der Waals surface area contributed by atoms with Crippen LogP contribution in [0.15, 0.2) is 41.2 Å². The molecule has 5 heteroatoms. The zero-order valence-electron chi connectivity index (χ0n) is 11.1. The molecule has 1 aliphatic rings. The SMILES string of the molecule is Cc1ccc(F)c2c1-n1c(nc3ccccc3c1=O)C2=O. The Kier molecular flexibility index (Phi) is 2.19. The highest BCUT2D eigenvalue weighted by Gasteiger charge is 2.34. The van der Waals surface area contributed by atoms with E-state index in [1.165, 1.54) is 10.6 Å². The minimum absolute atomic E-state index is 0.0260. The van der Waals surface area contributed by atoms with Crippen LogP contribution >= 0.6 is 0 Å². The van der Waals surface area contributed by atoms with E-state index in [0.717, 1.165) is 0 Å². The lowest BCUT2D eigenvalue weighted by molar-refractivity contribution is 0.103. The molecule has 0 saturated heterocycles. The van der Waals surface area contributed by atoms with Crippen molar-refractivity contribution in [1.29, 1.82) is 0 Å². The highest BCUT2D eigenvalue weighted by molar-refractivity contribution is 6.13. The average molecular weight is 280 g/mol. The molecular weight excluding hydrogens is 271 g/mol. The predicted octanol–water partition coefficient (Wildman–Crippen LogP) is 2.38. The fraction of sp³-hybridized carbons (Fsp3) is 0.0625. The van der Waals surface area contributed by atoms with Gasteiger partial charge in [0, 0.05) is 0 Å². The monoisotopic (exact) mass is 280 g/mol. The number of carbonyl (C=O) groups excluding carboxylic acids is 1. The summed E-state index contributed by atoms with van der Waals surface area (Å²) in [5, 5.41) is 0.408. The second-order valence-electron chi connectivity index (χ2n) is 5.01. The highest BCUT2D eigenvalue weighted by atomic mass is 19.1. The van der Waals surface area contributed by atoms with Gasteiger partial charge >= 0.3 is 0 Å². The van der Waals surface area contributed by atoms with Crippen LogP contribution in [0, 0.1) is 12.7 Å². The summed E-state index contributed by atoms with van der Waals surface area (Å²) < 4.78 is 15.2. The molecule has 3 aromatic rings. The third-order valence-corrected chi connectivity index (χ3v) is 3.76. The van der Waals surface area contributed by atoms with E-state index in [4.69, 9.17) is 0 Å². The van der Waals surface area contributed by atoms with Crippen LogP contribution in [0.1, 0.15) is 21.7 Å². The molecule has 0 unspecified atom stereocenters. The van der Waals surface area contributed by atoms with Crippen LogP contribution in [0.25, 0.3) is 16.6 Å². The number of para-hydroxylation sites is 1. The molecule has 1 aliphatic heterocycles. The summed E-state index contributed by atoms with van der Waals surface area (Å²) in [6, 6.07) is 9.58. The van der Waals surface area contributed by atoms with Crippen molar-refractivity contribution in [2.45, 2.75) is 6.92 Å². The molecule has 0 aliphatic carbocycles. The Bertz CT molecular complexity index is 1010. The zero-order chi connectivity index (χ0) is 14.7. The number of aryl methyl sites for hydroxylation is 1. The number of ketones is 1. The molecule has 0 saturated carbocycles. The van der Waals surface area contributed by atoms with Crippen LogP contribution in [0.2, 0.25) is 0 Å². The first kappa shape index (κ1) is 12.0. The van der Waals surface area contributed by atoms with Gasteiger partial charge in [-0.1, -0.05) is 18.2 Å². The molecular formula is C16H9FN2O2. The molecule has 0 atom stereocenters. The fourth-order valence-corrected chi connectivity index (χ4v) is 2.78. The first-order valence-electron chi connectivity index (χ1n) is 6.45. The van der Waals surface area contributed by atoms with Gasteiger partial charge in [0.05, 0.1) is 22.2 Å². The molecule has 2 aromatic carbocycles. The Hall–Kier alpha value is -2.82. The van der Waals surface area contributed by atoms with E-state index in [1.807, 2.05) is 0 Å². The molecule has 2 heterocycles. The lowest BCUT2D eigenvalue weighted by atomic mass is 10.1. The fourth-order valence-electron chi connectivity index (χ4n) is 2.78. The van der Waals surface area contributed by atoms with Gasteiger partial charge in [0.2, 0.25) is 5.78 Å². The van der Waals surface area contributed by atoms with Crippen molar-refractivity contribution in [2.75, 3.05) is 0 Å². The molecule has 0 spiro atoms. The summed E-state index contributed by atoms with van der Waals surface area (Å²) in [6.45, 7) is 1.74. The first-order chi connectivity index (χ1) is 10.1. The molecule has 0 bridgehead atoms. The molecule has 4 rings (SSSR count). The summed E-state index contributed by atoms with van der Waals surface area (Å²) in [7, 11) is 0. The maximum absolute atomic E-state index is 14.0. The van der Waals surface area contributed by atoms with E-state index in [2.05, 4.69) is 4.98 Å². The molecule has 102 valence electrons. The van der Waals surface area contributed by atoms with Crippen molar-refractivity contribution >= 4 is 16.7 Å². The number of fused-ring (bicyclic) bond motifs is 4. The number of aromatic nitrogens is 2. The Labute approximate surface area is 118 Å². The van der Waals surface area contributed by atoms with Crippen LogP contribution in [0.5, 0.6) is 0 Å². The van der Waals surface area contributed by atoms with Crippen LogP contribution in [-0.2, 0) is 0 Å². The van der Waals surface area contributed by atoms with Crippen LogP contribution < -0.4 is 5.56 Å². The van der Waals surface area contributed by atoms with Crippen molar-refractivity contribution in [1.82, 2.24) is 9.55 Å². The van der Waals surface area contributed by atoms with Crippen molar-refractivity contribution in [3.05, 3.63) is 69.5 Å². The van der Waals surface area contributed by atoms with Gasteiger partial charge in [0.1, 0.15) is 5.82 Å². The predicted molar refractivity (Wildman–Crippen MR) is 75.5 cm³/mol. The summed E-state index contributed by atoms with van der Waals surface area (Å²) in [5.74, 6) is -1.20. The van der Waals surface area contributed by atoms with E-state index < -0.39 is 11.6 Å². The van der Waals surface area contributed by atoms with Gasteiger partial charge < -0.3 is 0 Å². The smallest absolute Gasteiger partial charge is 0.266 e. The van der Waals surface area contributed by atoms with Crippen LogP contribution in [0.3, 0.4) is 0 Å². The van der Waals surface area contributed by atoms with E-state index in [1.54, 1.807) is 37.3 Å². The molecule has 0 fully saturated rings. The van der Waals surface area contributed by atoms with Crippen LogP contribution in [-0.4, -0.2) is 15.3 Å². The van der Waals surface area contributed by atoms with Crippen LogP contribution in [0.4, 0.5) is 4.39 Å². The largest absolute Gasteiger partial charge is 0.285 e. The molecule has 0 amide bonds. The number of halogens is 1. The molecule has 0 N–H and O–H groups in total. The van der Waals surface area contributed by atoms with Gasteiger partial charge in [0.25, 0.3) is 5.56 Å². The molecule has 1 aromatic heterocycles. The quantitative estimate of drug-likeness (QED) is 0.497. The summed E-state index contributed by atoms with van der Waals surface area (Å²) >= 11 is 0. The number of hydrogen-bond donors (Lipinski definition) is 0. The van der Waals surface area contributed by atoms with Gasteiger partial charge in [-0.25, -0.2) is 9.37 Å². The number of hydrogen-bond acceptors (Lipinski definition) is 3. The van der Waals surface area contributed by atoms with Crippen molar-refractivity contribution in [2.24, 2.45) is 0 Å². The van der Waals surface area contributed by atoms with Crippen molar-refractivity contribution < 1.29 is 9.18 Å². The third kappa shape index (κ3) is 1.40. The Morgan fingerprint density at radius 3 is 2.67 bits per heavy atom. The summed E-state index contributed by atoms with van der Waals surface area (Å²) in [5.41, 5.74) is 0.982. The maximum atomic E-state index is 14.0. The normalized spacial score (nSPS) is 12.6. The number of benzene rings is 2. The first-order valence-corrected chi connectivity index (χ1v) is 6.45.